The van der Waals surface area contributed by atoms with Crippen LogP contribution in [0.2, 0.25) is 0 Å². The van der Waals surface area contributed by atoms with Gasteiger partial charge in [0.25, 0.3) is 5.91 Å². The molecule has 118 valence electrons. The molecule has 0 aliphatic rings. The number of nitrogens with one attached hydrogen (secondary N) is 1. The zero-order valence-corrected chi connectivity index (χ0v) is 13.3. The second-order valence-corrected chi connectivity index (χ2v) is 5.60. The number of aryl methyl sites for hydroxylation is 2. The van der Waals surface area contributed by atoms with E-state index < -0.39 is 6.10 Å². The van der Waals surface area contributed by atoms with E-state index in [0.29, 0.717) is 5.75 Å². The molecule has 0 bridgehead atoms. The molecule has 1 N–H and O–H groups in total. The lowest BCUT2D eigenvalue weighted by atomic mass is 10.1. The van der Waals surface area contributed by atoms with Crippen LogP contribution in [0.15, 0.2) is 47.1 Å². The highest BCUT2D eigenvalue weighted by molar-refractivity contribution is 5.80. The molecule has 2 aromatic rings. The van der Waals surface area contributed by atoms with Crippen molar-refractivity contribution < 1.29 is 13.9 Å². The fourth-order valence-electron chi connectivity index (χ4n) is 2.19. The number of rotatable bonds is 7. The van der Waals surface area contributed by atoms with E-state index in [-0.39, 0.29) is 11.9 Å². The van der Waals surface area contributed by atoms with Gasteiger partial charge in [-0.05, 0) is 57.0 Å². The third-order valence-electron chi connectivity index (χ3n) is 3.46. The van der Waals surface area contributed by atoms with Crippen LogP contribution >= 0.6 is 0 Å². The van der Waals surface area contributed by atoms with E-state index in [1.807, 2.05) is 50.2 Å². The van der Waals surface area contributed by atoms with Gasteiger partial charge in [-0.2, -0.15) is 0 Å². The number of hydrogen-bond donors (Lipinski definition) is 1. The van der Waals surface area contributed by atoms with Crippen molar-refractivity contribution in [3.63, 3.8) is 0 Å². The summed E-state index contributed by atoms with van der Waals surface area (Å²) in [5.74, 6) is 1.55. The van der Waals surface area contributed by atoms with E-state index in [1.54, 1.807) is 13.2 Å². The molecule has 0 fully saturated rings. The van der Waals surface area contributed by atoms with Gasteiger partial charge in [-0.25, -0.2) is 0 Å². The zero-order valence-electron chi connectivity index (χ0n) is 13.3. The summed E-state index contributed by atoms with van der Waals surface area (Å²) in [6.45, 7) is 5.74. The monoisotopic (exact) mass is 301 g/mol. The lowest BCUT2D eigenvalue weighted by Gasteiger charge is -2.18. The van der Waals surface area contributed by atoms with Gasteiger partial charge in [0.2, 0.25) is 0 Å². The minimum absolute atomic E-state index is 0.0705. The minimum Gasteiger partial charge on any atom is -0.481 e. The summed E-state index contributed by atoms with van der Waals surface area (Å²) in [5.41, 5.74) is 1.11. The largest absolute Gasteiger partial charge is 0.481 e. The predicted octanol–water partition coefficient (Wildman–Crippen LogP) is 3.49. The van der Waals surface area contributed by atoms with E-state index in [1.165, 1.54) is 0 Å². The third-order valence-corrected chi connectivity index (χ3v) is 3.46. The van der Waals surface area contributed by atoms with Crippen molar-refractivity contribution in [1.29, 1.82) is 0 Å². The Balaban J connectivity index is 1.77. The van der Waals surface area contributed by atoms with Crippen LogP contribution in [0, 0.1) is 6.92 Å². The topological polar surface area (TPSA) is 51.5 Å². The number of benzene rings is 1. The van der Waals surface area contributed by atoms with Gasteiger partial charge in [-0.1, -0.05) is 12.1 Å². The Morgan fingerprint density at radius 2 is 2.09 bits per heavy atom. The number of carbonyl (C=O) groups is 1. The Morgan fingerprint density at radius 3 is 2.77 bits per heavy atom. The van der Waals surface area contributed by atoms with Crippen molar-refractivity contribution in [3.05, 3.63) is 54.0 Å². The highest BCUT2D eigenvalue weighted by atomic mass is 16.5. The molecular formula is C18H23NO3. The average Bonchev–Trinajstić information content (AvgIpc) is 2.98. The molecular weight excluding hydrogens is 278 g/mol. The first-order chi connectivity index (χ1) is 10.5. The van der Waals surface area contributed by atoms with Crippen molar-refractivity contribution in [2.75, 3.05) is 0 Å². The first-order valence-corrected chi connectivity index (χ1v) is 7.60. The maximum Gasteiger partial charge on any atom is 0.260 e. The van der Waals surface area contributed by atoms with Gasteiger partial charge in [0, 0.05) is 12.5 Å². The maximum absolute atomic E-state index is 12.1. The average molecular weight is 301 g/mol. The molecule has 0 aliphatic carbocycles. The SMILES string of the molecule is Cc1cccc(O[C@H](C)C(=O)N[C@@H](C)CCc2ccco2)c1. The number of carbonyl (C=O) groups excluding carboxylic acids is 1. The predicted molar refractivity (Wildman–Crippen MR) is 85.9 cm³/mol. The molecule has 22 heavy (non-hydrogen) atoms. The summed E-state index contributed by atoms with van der Waals surface area (Å²) in [5, 5.41) is 2.97. The van der Waals surface area contributed by atoms with Crippen LogP contribution in [-0.4, -0.2) is 18.1 Å². The lowest BCUT2D eigenvalue weighted by molar-refractivity contribution is -0.127. The van der Waals surface area contributed by atoms with Crippen LogP contribution in [0.5, 0.6) is 5.75 Å². The van der Waals surface area contributed by atoms with E-state index in [9.17, 15) is 4.79 Å². The maximum atomic E-state index is 12.1. The molecule has 0 saturated carbocycles. The molecule has 1 heterocycles. The molecule has 0 radical (unpaired) electrons. The summed E-state index contributed by atoms with van der Waals surface area (Å²) in [4.78, 5) is 12.1. The van der Waals surface area contributed by atoms with E-state index >= 15 is 0 Å². The van der Waals surface area contributed by atoms with Gasteiger partial charge in [-0.3, -0.25) is 4.79 Å². The Bertz CT molecular complexity index is 592. The molecule has 4 heteroatoms. The highest BCUT2D eigenvalue weighted by Crippen LogP contribution is 2.14. The summed E-state index contributed by atoms with van der Waals surface area (Å²) in [6.07, 6.45) is 2.78. The smallest absolute Gasteiger partial charge is 0.260 e. The third kappa shape index (κ3) is 4.95. The quantitative estimate of drug-likeness (QED) is 0.851. The number of ether oxygens (including phenoxy) is 1. The molecule has 1 aromatic heterocycles. The lowest BCUT2D eigenvalue weighted by Crippen LogP contribution is -2.41. The fraction of sp³-hybridized carbons (Fsp3) is 0.389. The molecule has 0 spiro atoms. The second-order valence-electron chi connectivity index (χ2n) is 5.60. The Kier molecular flexibility index (Phi) is 5.64. The van der Waals surface area contributed by atoms with Crippen LogP contribution in [0.25, 0.3) is 0 Å². The van der Waals surface area contributed by atoms with Gasteiger partial charge in [0.1, 0.15) is 11.5 Å². The summed E-state index contributed by atoms with van der Waals surface area (Å²) >= 11 is 0. The number of furan rings is 1. The van der Waals surface area contributed by atoms with Crippen LogP contribution in [0.3, 0.4) is 0 Å². The fourth-order valence-corrected chi connectivity index (χ4v) is 2.19. The van der Waals surface area contributed by atoms with E-state index in [0.717, 1.165) is 24.2 Å². The van der Waals surface area contributed by atoms with Gasteiger partial charge in [-0.15, -0.1) is 0 Å². The standard InChI is InChI=1S/C18H23NO3/c1-13-6-4-7-17(12-13)22-15(3)18(20)19-14(2)9-10-16-8-5-11-21-16/h4-8,11-12,14-15H,9-10H2,1-3H3,(H,19,20)/t14-,15+/m0/s1. The molecule has 0 unspecified atom stereocenters. The van der Waals surface area contributed by atoms with E-state index in [4.69, 9.17) is 9.15 Å². The zero-order chi connectivity index (χ0) is 15.9. The van der Waals surface area contributed by atoms with Crippen LogP contribution in [-0.2, 0) is 11.2 Å². The molecule has 4 nitrogen and oxygen atoms in total. The molecule has 1 amide bonds. The summed E-state index contributed by atoms with van der Waals surface area (Å²) < 4.78 is 11.0. The molecule has 0 aliphatic heterocycles. The first kappa shape index (κ1) is 16.1. The summed E-state index contributed by atoms with van der Waals surface area (Å²) in [7, 11) is 0. The van der Waals surface area contributed by atoms with Crippen LogP contribution in [0.1, 0.15) is 31.6 Å². The van der Waals surface area contributed by atoms with Crippen LogP contribution < -0.4 is 10.1 Å². The highest BCUT2D eigenvalue weighted by Gasteiger charge is 2.17. The minimum atomic E-state index is -0.520. The molecule has 1 aromatic carbocycles. The Labute approximate surface area is 131 Å². The van der Waals surface area contributed by atoms with Crippen molar-refractivity contribution in [2.45, 2.75) is 45.8 Å². The van der Waals surface area contributed by atoms with Gasteiger partial charge >= 0.3 is 0 Å². The van der Waals surface area contributed by atoms with Crippen molar-refractivity contribution in [3.8, 4) is 5.75 Å². The second kappa shape index (κ2) is 7.69. The van der Waals surface area contributed by atoms with Gasteiger partial charge in [0.05, 0.1) is 6.26 Å². The number of hydrogen-bond acceptors (Lipinski definition) is 3. The van der Waals surface area contributed by atoms with Gasteiger partial charge < -0.3 is 14.5 Å². The Morgan fingerprint density at radius 1 is 1.27 bits per heavy atom. The van der Waals surface area contributed by atoms with Crippen molar-refractivity contribution >= 4 is 5.91 Å². The molecule has 2 rings (SSSR count). The number of amides is 1. The van der Waals surface area contributed by atoms with Crippen LogP contribution in [0.4, 0.5) is 0 Å². The molecule has 0 saturated heterocycles. The van der Waals surface area contributed by atoms with Gasteiger partial charge in [0.15, 0.2) is 6.10 Å². The molecule has 2 atom stereocenters. The van der Waals surface area contributed by atoms with E-state index in [2.05, 4.69) is 5.32 Å². The van der Waals surface area contributed by atoms with Crippen molar-refractivity contribution in [2.24, 2.45) is 0 Å². The normalized spacial score (nSPS) is 13.4. The first-order valence-electron chi connectivity index (χ1n) is 7.60. The Hall–Kier alpha value is -2.23. The van der Waals surface area contributed by atoms with Crippen molar-refractivity contribution in [1.82, 2.24) is 5.32 Å². The summed E-state index contributed by atoms with van der Waals surface area (Å²) in [6, 6.07) is 11.6.